The summed E-state index contributed by atoms with van der Waals surface area (Å²) in [5.74, 6) is 1.79. The van der Waals surface area contributed by atoms with E-state index < -0.39 is 0 Å². The number of likely N-dealkylation sites (N-methyl/N-ethyl adjacent to an activating group) is 1. The second-order valence-corrected chi connectivity index (χ2v) is 5.93. The van der Waals surface area contributed by atoms with Crippen molar-refractivity contribution in [2.24, 2.45) is 0 Å². The van der Waals surface area contributed by atoms with Crippen molar-refractivity contribution in [3.8, 4) is 0 Å². The number of rotatable bonds is 5. The number of hydrogen-bond donors (Lipinski definition) is 1. The number of aryl methyl sites for hydroxylation is 2. The van der Waals surface area contributed by atoms with Crippen LogP contribution in [0.5, 0.6) is 0 Å². The topological polar surface area (TPSA) is 29.9 Å². The van der Waals surface area contributed by atoms with E-state index in [1.54, 1.807) is 0 Å². The summed E-state index contributed by atoms with van der Waals surface area (Å²) in [4.78, 5) is 4.55. The lowest BCUT2D eigenvalue weighted by atomic mass is 9.78. The van der Waals surface area contributed by atoms with Crippen LogP contribution in [0.25, 0.3) is 0 Å². The monoisotopic (exact) mass is 283 g/mol. The number of benzene rings is 1. The molecule has 2 aromatic rings. The molecule has 1 N–H and O–H groups in total. The normalized spacial score (nSPS) is 19.2. The minimum Gasteiger partial charge on any atom is -0.335 e. The van der Waals surface area contributed by atoms with E-state index in [1.165, 1.54) is 36.2 Å². The van der Waals surface area contributed by atoms with Crippen molar-refractivity contribution in [1.82, 2.24) is 14.9 Å². The molecule has 1 heterocycles. The van der Waals surface area contributed by atoms with Crippen LogP contribution in [0.3, 0.4) is 0 Å². The zero-order valence-electron chi connectivity index (χ0n) is 13.0. The fraction of sp³-hybridized carbons (Fsp3) is 0.500. The van der Waals surface area contributed by atoms with Crippen LogP contribution >= 0.6 is 0 Å². The predicted octanol–water partition coefficient (Wildman–Crippen LogP) is 3.15. The average Bonchev–Trinajstić information content (AvgIpc) is 2.99. The second-order valence-electron chi connectivity index (χ2n) is 5.93. The van der Waals surface area contributed by atoms with Gasteiger partial charge < -0.3 is 9.88 Å². The fourth-order valence-corrected chi connectivity index (χ4v) is 3.67. The van der Waals surface area contributed by atoms with Gasteiger partial charge in [0.2, 0.25) is 0 Å². The van der Waals surface area contributed by atoms with Gasteiger partial charge in [-0.3, -0.25) is 0 Å². The third-order valence-corrected chi connectivity index (χ3v) is 4.82. The molecule has 112 valence electrons. The van der Waals surface area contributed by atoms with Gasteiger partial charge in [-0.25, -0.2) is 4.98 Å². The number of aromatic nitrogens is 2. The highest BCUT2D eigenvalue weighted by Crippen LogP contribution is 2.34. The van der Waals surface area contributed by atoms with E-state index in [4.69, 9.17) is 0 Å². The lowest BCUT2D eigenvalue weighted by Gasteiger charge is -2.32. The Hall–Kier alpha value is -1.61. The molecule has 0 spiro atoms. The van der Waals surface area contributed by atoms with Crippen LogP contribution in [0.2, 0.25) is 0 Å². The van der Waals surface area contributed by atoms with Gasteiger partial charge in [0.15, 0.2) is 0 Å². The maximum Gasteiger partial charge on any atom is 0.110 e. The molecule has 1 aromatic carbocycles. The minimum absolute atomic E-state index is 0.458. The van der Waals surface area contributed by atoms with E-state index in [-0.39, 0.29) is 0 Å². The summed E-state index contributed by atoms with van der Waals surface area (Å²) in [6.45, 7) is 3.17. The summed E-state index contributed by atoms with van der Waals surface area (Å²) in [5.41, 5.74) is 3.07. The Morgan fingerprint density at radius 1 is 1.38 bits per heavy atom. The van der Waals surface area contributed by atoms with Gasteiger partial charge in [-0.15, -0.1) is 0 Å². The van der Waals surface area contributed by atoms with E-state index >= 15 is 0 Å². The van der Waals surface area contributed by atoms with Crippen molar-refractivity contribution in [2.45, 2.75) is 51.1 Å². The number of nitrogens with zero attached hydrogens (tertiary/aromatic N) is 2. The predicted molar refractivity (Wildman–Crippen MR) is 86.6 cm³/mol. The van der Waals surface area contributed by atoms with E-state index in [0.29, 0.717) is 12.0 Å². The van der Waals surface area contributed by atoms with Gasteiger partial charge in [-0.1, -0.05) is 24.3 Å². The summed E-state index contributed by atoms with van der Waals surface area (Å²) >= 11 is 0. The van der Waals surface area contributed by atoms with Gasteiger partial charge in [0.05, 0.1) is 0 Å². The Bertz CT molecular complexity index is 588. The maximum atomic E-state index is 4.55. The molecule has 0 bridgehead atoms. The van der Waals surface area contributed by atoms with E-state index in [2.05, 4.69) is 59.3 Å². The van der Waals surface area contributed by atoms with Gasteiger partial charge in [0.25, 0.3) is 0 Å². The molecule has 21 heavy (non-hydrogen) atoms. The quantitative estimate of drug-likeness (QED) is 0.913. The van der Waals surface area contributed by atoms with Crippen LogP contribution in [-0.2, 0) is 19.4 Å². The molecule has 3 heteroatoms. The molecule has 1 aliphatic carbocycles. The molecule has 3 rings (SSSR count). The van der Waals surface area contributed by atoms with E-state index in [1.807, 2.05) is 6.20 Å². The highest BCUT2D eigenvalue weighted by molar-refractivity contribution is 5.34. The van der Waals surface area contributed by atoms with Crippen LogP contribution < -0.4 is 5.32 Å². The minimum atomic E-state index is 0.458. The molecule has 1 aliphatic rings. The summed E-state index contributed by atoms with van der Waals surface area (Å²) < 4.78 is 2.25. The van der Waals surface area contributed by atoms with Crippen molar-refractivity contribution in [3.05, 3.63) is 53.6 Å². The number of hydrogen-bond acceptors (Lipinski definition) is 2. The zero-order chi connectivity index (χ0) is 14.7. The average molecular weight is 283 g/mol. The van der Waals surface area contributed by atoms with Gasteiger partial charge in [0.1, 0.15) is 5.82 Å². The molecule has 3 nitrogen and oxygen atoms in total. The largest absolute Gasteiger partial charge is 0.335 e. The first-order chi connectivity index (χ1) is 10.3. The Morgan fingerprint density at radius 2 is 2.24 bits per heavy atom. The first-order valence-corrected chi connectivity index (χ1v) is 8.08. The maximum absolute atomic E-state index is 4.55. The van der Waals surface area contributed by atoms with Gasteiger partial charge in [-0.2, -0.15) is 0 Å². The van der Waals surface area contributed by atoms with Gasteiger partial charge in [0, 0.05) is 31.4 Å². The fourth-order valence-electron chi connectivity index (χ4n) is 3.67. The van der Waals surface area contributed by atoms with Crippen molar-refractivity contribution in [3.63, 3.8) is 0 Å². The summed E-state index contributed by atoms with van der Waals surface area (Å²) in [5, 5.41) is 3.55. The molecular weight excluding hydrogens is 258 g/mol. The van der Waals surface area contributed by atoms with Crippen molar-refractivity contribution < 1.29 is 0 Å². The first-order valence-electron chi connectivity index (χ1n) is 8.08. The van der Waals surface area contributed by atoms with E-state index in [9.17, 15) is 0 Å². The summed E-state index contributed by atoms with van der Waals surface area (Å²) in [7, 11) is 2.08. The second kappa shape index (κ2) is 6.44. The first kappa shape index (κ1) is 14.3. The standard InChI is InChI=1S/C18H25N3/c1-3-21-12-11-20-18(21)13-17(19-2)16-10-6-8-14-7-4-5-9-15(14)16/h4-5,7,9,11-12,16-17,19H,3,6,8,10,13H2,1-2H3. The molecule has 0 amide bonds. The highest BCUT2D eigenvalue weighted by Gasteiger charge is 2.27. The summed E-state index contributed by atoms with van der Waals surface area (Å²) in [6.07, 6.45) is 8.79. The lowest BCUT2D eigenvalue weighted by molar-refractivity contribution is 0.401. The zero-order valence-corrected chi connectivity index (χ0v) is 13.0. The molecule has 2 unspecified atom stereocenters. The van der Waals surface area contributed by atoms with Crippen molar-refractivity contribution in [1.29, 1.82) is 0 Å². The van der Waals surface area contributed by atoms with Gasteiger partial charge >= 0.3 is 0 Å². The Kier molecular flexibility index (Phi) is 4.39. The van der Waals surface area contributed by atoms with Crippen molar-refractivity contribution >= 4 is 0 Å². The van der Waals surface area contributed by atoms with Crippen LogP contribution in [0.15, 0.2) is 36.7 Å². The third-order valence-electron chi connectivity index (χ3n) is 4.82. The summed E-state index contributed by atoms with van der Waals surface area (Å²) in [6, 6.07) is 9.41. The number of nitrogens with one attached hydrogen (secondary N) is 1. The number of imidazole rings is 1. The molecule has 0 aliphatic heterocycles. The van der Waals surface area contributed by atoms with Crippen LogP contribution in [0.1, 0.15) is 42.6 Å². The Balaban J connectivity index is 1.84. The molecule has 0 saturated heterocycles. The Labute approximate surface area is 127 Å². The highest BCUT2D eigenvalue weighted by atomic mass is 15.1. The molecular formula is C18H25N3. The lowest BCUT2D eigenvalue weighted by Crippen LogP contribution is -2.36. The molecule has 0 fully saturated rings. The molecule has 1 aromatic heterocycles. The molecule has 0 radical (unpaired) electrons. The number of fused-ring (bicyclic) bond motifs is 1. The molecule has 0 saturated carbocycles. The SMILES string of the molecule is CCn1ccnc1CC(NC)C1CCCc2ccccc21. The van der Waals surface area contributed by atoms with E-state index in [0.717, 1.165) is 13.0 Å². The van der Waals surface area contributed by atoms with Crippen molar-refractivity contribution in [2.75, 3.05) is 7.05 Å². The Morgan fingerprint density at radius 3 is 3.05 bits per heavy atom. The van der Waals surface area contributed by atoms with Crippen LogP contribution in [-0.4, -0.2) is 22.6 Å². The molecule has 2 atom stereocenters. The third kappa shape index (κ3) is 2.88. The van der Waals surface area contributed by atoms with Gasteiger partial charge in [-0.05, 0) is 50.3 Å². The van der Waals surface area contributed by atoms with Crippen LogP contribution in [0.4, 0.5) is 0 Å². The van der Waals surface area contributed by atoms with Crippen LogP contribution in [0, 0.1) is 0 Å². The smallest absolute Gasteiger partial charge is 0.110 e.